The van der Waals surface area contributed by atoms with Crippen LogP contribution in [0, 0.1) is 0 Å². The van der Waals surface area contributed by atoms with E-state index in [0.29, 0.717) is 11.9 Å². The predicted octanol–water partition coefficient (Wildman–Crippen LogP) is 2.23. The molecule has 2 heterocycles. The lowest BCUT2D eigenvalue weighted by Gasteiger charge is -2.30. The van der Waals surface area contributed by atoms with Crippen molar-refractivity contribution in [1.82, 2.24) is 15.3 Å². The van der Waals surface area contributed by atoms with E-state index in [1.165, 1.54) is 19.3 Å². The van der Waals surface area contributed by atoms with E-state index in [1.54, 1.807) is 6.20 Å². The number of aromatic nitrogens is 2. The Bertz CT molecular complexity index is 405. The van der Waals surface area contributed by atoms with Crippen LogP contribution in [0.25, 0.3) is 0 Å². The molecule has 0 radical (unpaired) electrons. The van der Waals surface area contributed by atoms with Crippen LogP contribution in [-0.4, -0.2) is 41.7 Å². The van der Waals surface area contributed by atoms with E-state index in [0.717, 1.165) is 25.6 Å². The zero-order chi connectivity index (χ0) is 14.4. The average molecular weight is 278 g/mol. The van der Waals surface area contributed by atoms with Crippen molar-refractivity contribution in [1.29, 1.82) is 0 Å². The van der Waals surface area contributed by atoms with Gasteiger partial charge in [-0.1, -0.05) is 6.42 Å². The summed E-state index contributed by atoms with van der Waals surface area (Å²) in [5, 5.41) is 3.57. The predicted molar refractivity (Wildman–Crippen MR) is 81.3 cm³/mol. The van der Waals surface area contributed by atoms with E-state index in [2.05, 4.69) is 27.1 Å². The molecule has 1 atom stereocenters. The third-order valence-electron chi connectivity index (χ3n) is 3.49. The van der Waals surface area contributed by atoms with Crippen LogP contribution in [0.4, 0.5) is 5.95 Å². The standard InChI is InChI=1S/C15H26N4O/c1-4-19(11-13-7-5-6-9-16-13)15-17-10-8-14(18-15)20-12(2)3/h8,10,12-13,16H,4-7,9,11H2,1-3H3. The lowest BCUT2D eigenvalue weighted by molar-refractivity contribution is 0.232. The Kier molecular flexibility index (Phi) is 5.59. The molecular weight excluding hydrogens is 252 g/mol. The van der Waals surface area contributed by atoms with Crippen LogP contribution >= 0.6 is 0 Å². The summed E-state index contributed by atoms with van der Waals surface area (Å²) in [6, 6.07) is 2.36. The molecule has 5 nitrogen and oxygen atoms in total. The van der Waals surface area contributed by atoms with Gasteiger partial charge in [-0.15, -0.1) is 0 Å². The van der Waals surface area contributed by atoms with Gasteiger partial charge in [0.05, 0.1) is 6.10 Å². The Labute approximate surface area is 121 Å². The van der Waals surface area contributed by atoms with Crippen molar-refractivity contribution >= 4 is 5.95 Å². The van der Waals surface area contributed by atoms with Crippen molar-refractivity contribution < 1.29 is 4.74 Å². The number of piperidine rings is 1. The largest absolute Gasteiger partial charge is 0.475 e. The number of rotatable bonds is 6. The molecule has 2 rings (SSSR count). The van der Waals surface area contributed by atoms with Gasteiger partial charge in [0.15, 0.2) is 0 Å². The van der Waals surface area contributed by atoms with Crippen molar-refractivity contribution in [3.63, 3.8) is 0 Å². The molecule has 1 saturated heterocycles. The van der Waals surface area contributed by atoms with Crippen LogP contribution in [0.15, 0.2) is 12.3 Å². The zero-order valence-electron chi connectivity index (χ0n) is 12.8. The third-order valence-corrected chi connectivity index (χ3v) is 3.49. The van der Waals surface area contributed by atoms with Gasteiger partial charge in [-0.05, 0) is 40.2 Å². The molecule has 0 aliphatic carbocycles. The summed E-state index contributed by atoms with van der Waals surface area (Å²) in [5.41, 5.74) is 0. The number of nitrogens with one attached hydrogen (secondary N) is 1. The quantitative estimate of drug-likeness (QED) is 0.865. The minimum atomic E-state index is 0.132. The van der Waals surface area contributed by atoms with Crippen molar-refractivity contribution in [2.45, 2.75) is 52.2 Å². The van der Waals surface area contributed by atoms with Gasteiger partial charge in [-0.3, -0.25) is 0 Å². The first-order chi connectivity index (χ1) is 9.69. The zero-order valence-corrected chi connectivity index (χ0v) is 12.8. The minimum Gasteiger partial charge on any atom is -0.475 e. The van der Waals surface area contributed by atoms with Crippen LogP contribution in [0.1, 0.15) is 40.0 Å². The molecule has 0 aromatic carbocycles. The summed E-state index contributed by atoms with van der Waals surface area (Å²) in [4.78, 5) is 11.1. The summed E-state index contributed by atoms with van der Waals surface area (Å²) >= 11 is 0. The third kappa shape index (κ3) is 4.34. The van der Waals surface area contributed by atoms with Gasteiger partial charge < -0.3 is 15.0 Å². The van der Waals surface area contributed by atoms with Gasteiger partial charge in [-0.2, -0.15) is 4.98 Å². The topological polar surface area (TPSA) is 50.3 Å². The smallest absolute Gasteiger partial charge is 0.228 e. The Morgan fingerprint density at radius 3 is 2.95 bits per heavy atom. The van der Waals surface area contributed by atoms with Crippen LogP contribution in [-0.2, 0) is 0 Å². The Morgan fingerprint density at radius 1 is 1.45 bits per heavy atom. The molecule has 112 valence electrons. The van der Waals surface area contributed by atoms with Crippen molar-refractivity contribution in [2.24, 2.45) is 0 Å². The summed E-state index contributed by atoms with van der Waals surface area (Å²) in [6.45, 7) is 9.14. The fourth-order valence-electron chi connectivity index (χ4n) is 2.49. The van der Waals surface area contributed by atoms with Crippen LogP contribution in [0.3, 0.4) is 0 Å². The fraction of sp³-hybridized carbons (Fsp3) is 0.733. The summed E-state index contributed by atoms with van der Waals surface area (Å²) in [5.74, 6) is 1.41. The monoisotopic (exact) mass is 278 g/mol. The Hall–Kier alpha value is -1.36. The molecule has 1 fully saturated rings. The van der Waals surface area contributed by atoms with Gasteiger partial charge >= 0.3 is 0 Å². The first-order valence-corrected chi connectivity index (χ1v) is 7.67. The second kappa shape index (κ2) is 7.43. The SMILES string of the molecule is CCN(CC1CCCCN1)c1nccc(OC(C)C)n1. The first kappa shape index (κ1) is 15.0. The molecule has 1 aromatic rings. The lowest BCUT2D eigenvalue weighted by atomic mass is 10.0. The molecule has 1 N–H and O–H groups in total. The highest BCUT2D eigenvalue weighted by Gasteiger charge is 2.18. The lowest BCUT2D eigenvalue weighted by Crippen LogP contribution is -2.44. The molecule has 0 bridgehead atoms. The molecule has 1 aliphatic rings. The van der Waals surface area contributed by atoms with E-state index in [9.17, 15) is 0 Å². The van der Waals surface area contributed by atoms with Crippen LogP contribution < -0.4 is 15.0 Å². The average Bonchev–Trinajstić information content (AvgIpc) is 2.45. The second-order valence-corrected chi connectivity index (χ2v) is 5.55. The maximum Gasteiger partial charge on any atom is 0.228 e. The van der Waals surface area contributed by atoms with Crippen LogP contribution in [0.2, 0.25) is 0 Å². The van der Waals surface area contributed by atoms with Crippen LogP contribution in [0.5, 0.6) is 5.88 Å². The van der Waals surface area contributed by atoms with Crippen molar-refractivity contribution in [3.05, 3.63) is 12.3 Å². The fourth-order valence-corrected chi connectivity index (χ4v) is 2.49. The molecule has 5 heteroatoms. The summed E-state index contributed by atoms with van der Waals surface area (Å²) in [7, 11) is 0. The number of hydrogen-bond donors (Lipinski definition) is 1. The number of likely N-dealkylation sites (N-methyl/N-ethyl adjacent to an activating group) is 1. The Balaban J connectivity index is 2.02. The molecule has 0 amide bonds. The van der Waals surface area contributed by atoms with Gasteiger partial charge in [0, 0.05) is 31.4 Å². The van der Waals surface area contributed by atoms with Gasteiger partial charge in [0.1, 0.15) is 0 Å². The summed E-state index contributed by atoms with van der Waals surface area (Å²) in [6.07, 6.45) is 5.74. The highest BCUT2D eigenvalue weighted by molar-refractivity contribution is 5.32. The number of hydrogen-bond acceptors (Lipinski definition) is 5. The normalized spacial score (nSPS) is 19.1. The molecule has 1 aliphatic heterocycles. The first-order valence-electron chi connectivity index (χ1n) is 7.67. The number of nitrogens with zero attached hydrogens (tertiary/aromatic N) is 3. The number of anilines is 1. The van der Waals surface area contributed by atoms with Gasteiger partial charge in [0.2, 0.25) is 11.8 Å². The van der Waals surface area contributed by atoms with E-state index in [-0.39, 0.29) is 6.10 Å². The molecule has 1 unspecified atom stereocenters. The van der Waals surface area contributed by atoms with Gasteiger partial charge in [0.25, 0.3) is 0 Å². The molecule has 1 aromatic heterocycles. The number of ether oxygens (including phenoxy) is 1. The highest BCUT2D eigenvalue weighted by atomic mass is 16.5. The molecular formula is C15H26N4O. The molecule has 0 saturated carbocycles. The molecule has 20 heavy (non-hydrogen) atoms. The summed E-state index contributed by atoms with van der Waals surface area (Å²) < 4.78 is 5.65. The maximum atomic E-state index is 5.65. The minimum absolute atomic E-state index is 0.132. The van der Waals surface area contributed by atoms with Gasteiger partial charge in [-0.25, -0.2) is 4.98 Å². The van der Waals surface area contributed by atoms with E-state index in [1.807, 2.05) is 19.9 Å². The second-order valence-electron chi connectivity index (χ2n) is 5.55. The van der Waals surface area contributed by atoms with Crippen molar-refractivity contribution in [2.75, 3.05) is 24.5 Å². The maximum absolute atomic E-state index is 5.65. The molecule has 0 spiro atoms. The van der Waals surface area contributed by atoms with E-state index >= 15 is 0 Å². The van der Waals surface area contributed by atoms with Crippen molar-refractivity contribution in [3.8, 4) is 5.88 Å². The Morgan fingerprint density at radius 2 is 2.30 bits per heavy atom. The van der Waals surface area contributed by atoms with E-state index in [4.69, 9.17) is 4.74 Å². The van der Waals surface area contributed by atoms with E-state index < -0.39 is 0 Å². The highest BCUT2D eigenvalue weighted by Crippen LogP contribution is 2.16.